The third-order valence-corrected chi connectivity index (χ3v) is 6.96. The fraction of sp³-hybridized carbons (Fsp3) is 0.200. The zero-order valence-corrected chi connectivity index (χ0v) is 22.9. The van der Waals surface area contributed by atoms with Gasteiger partial charge in [-0.25, -0.2) is 0 Å². The number of allylic oxidation sites excluding steroid dienone is 4. The Kier molecular flexibility index (Phi) is 8.84. The second-order valence-electron chi connectivity index (χ2n) is 9.37. The van der Waals surface area contributed by atoms with Crippen LogP contribution >= 0.6 is 23.2 Å². The van der Waals surface area contributed by atoms with Gasteiger partial charge in [0.1, 0.15) is 5.69 Å². The Morgan fingerprint density at radius 3 is 2.38 bits per heavy atom. The minimum absolute atomic E-state index is 0.00141. The first-order valence-corrected chi connectivity index (χ1v) is 13.1. The van der Waals surface area contributed by atoms with E-state index in [1.165, 1.54) is 17.8 Å². The highest BCUT2D eigenvalue weighted by Crippen LogP contribution is 2.38. The summed E-state index contributed by atoms with van der Waals surface area (Å²) in [6.45, 7) is 4.20. The largest absolute Gasteiger partial charge is 0.481 e. The van der Waals surface area contributed by atoms with Crippen LogP contribution in [0.1, 0.15) is 52.6 Å². The van der Waals surface area contributed by atoms with Crippen molar-refractivity contribution in [1.82, 2.24) is 10.3 Å². The van der Waals surface area contributed by atoms with E-state index >= 15 is 0 Å². The molecule has 2 atom stereocenters. The Morgan fingerprint density at radius 1 is 1.00 bits per heavy atom. The maximum absolute atomic E-state index is 13.3. The number of amides is 2. The molecule has 7 nitrogen and oxygen atoms in total. The summed E-state index contributed by atoms with van der Waals surface area (Å²) in [6, 6.07) is 15.9. The van der Waals surface area contributed by atoms with Gasteiger partial charge in [0.25, 0.3) is 11.8 Å². The maximum atomic E-state index is 13.3. The highest BCUT2D eigenvalue weighted by molar-refractivity contribution is 6.31. The quantitative estimate of drug-likeness (QED) is 0.284. The van der Waals surface area contributed by atoms with Gasteiger partial charge in [0.05, 0.1) is 6.42 Å². The number of hydrogen-bond acceptors (Lipinski definition) is 4. The van der Waals surface area contributed by atoms with E-state index in [1.54, 1.807) is 24.3 Å². The fourth-order valence-corrected chi connectivity index (χ4v) is 5.21. The summed E-state index contributed by atoms with van der Waals surface area (Å²) in [5.41, 5.74) is 4.66. The lowest BCUT2D eigenvalue weighted by molar-refractivity contribution is -0.136. The smallest absolute Gasteiger partial charge is 0.305 e. The molecule has 3 aromatic rings. The number of carbonyl (C=O) groups excluding carboxylic acids is 2. The van der Waals surface area contributed by atoms with Gasteiger partial charge in [-0.3, -0.25) is 19.4 Å². The van der Waals surface area contributed by atoms with E-state index in [1.807, 2.05) is 36.4 Å². The Morgan fingerprint density at radius 2 is 1.74 bits per heavy atom. The molecule has 1 aromatic heterocycles. The molecule has 1 heterocycles. The number of nitrogens with one attached hydrogen (secondary N) is 2. The zero-order valence-electron chi connectivity index (χ0n) is 21.4. The molecule has 2 unspecified atom stereocenters. The van der Waals surface area contributed by atoms with E-state index in [9.17, 15) is 14.4 Å². The first-order chi connectivity index (χ1) is 18.6. The normalized spacial score (nSPS) is 16.6. The molecule has 0 aliphatic heterocycles. The van der Waals surface area contributed by atoms with Crippen molar-refractivity contribution >= 4 is 46.7 Å². The van der Waals surface area contributed by atoms with Crippen LogP contribution in [0.3, 0.4) is 0 Å². The van der Waals surface area contributed by atoms with Gasteiger partial charge in [-0.15, -0.1) is 0 Å². The number of halogens is 2. The second-order valence-corrected chi connectivity index (χ2v) is 10.2. The van der Waals surface area contributed by atoms with Crippen molar-refractivity contribution in [2.75, 3.05) is 11.9 Å². The van der Waals surface area contributed by atoms with Gasteiger partial charge < -0.3 is 15.7 Å². The molecule has 4 rings (SSSR count). The highest BCUT2D eigenvalue weighted by Gasteiger charge is 2.23. The molecule has 0 saturated carbocycles. The van der Waals surface area contributed by atoms with Crippen LogP contribution in [0, 0.1) is 5.92 Å². The molecule has 0 fully saturated rings. The van der Waals surface area contributed by atoms with Crippen molar-refractivity contribution in [3.05, 3.63) is 105 Å². The number of anilines is 1. The van der Waals surface area contributed by atoms with Crippen LogP contribution in [0.5, 0.6) is 0 Å². The molecule has 0 saturated heterocycles. The first-order valence-electron chi connectivity index (χ1n) is 12.3. The number of aliphatic carboxylic acids is 1. The number of rotatable bonds is 8. The number of pyridine rings is 1. The lowest BCUT2D eigenvalue weighted by Crippen LogP contribution is -2.26. The van der Waals surface area contributed by atoms with Crippen LogP contribution in [-0.4, -0.2) is 34.4 Å². The van der Waals surface area contributed by atoms with E-state index in [0.29, 0.717) is 27.4 Å². The molecule has 200 valence electrons. The van der Waals surface area contributed by atoms with Gasteiger partial charge in [-0.2, -0.15) is 0 Å². The lowest BCUT2D eigenvalue weighted by Gasteiger charge is -2.27. The van der Waals surface area contributed by atoms with Gasteiger partial charge in [-0.1, -0.05) is 60.0 Å². The van der Waals surface area contributed by atoms with Gasteiger partial charge >= 0.3 is 5.97 Å². The third kappa shape index (κ3) is 6.93. The predicted molar refractivity (Wildman–Crippen MR) is 153 cm³/mol. The molecular formula is C30H27Cl2N3O4. The summed E-state index contributed by atoms with van der Waals surface area (Å²) in [6.07, 6.45) is 5.32. The van der Waals surface area contributed by atoms with Crippen LogP contribution in [-0.2, 0) is 4.79 Å². The Labute approximate surface area is 236 Å². The number of benzene rings is 2. The molecule has 2 amide bonds. The van der Waals surface area contributed by atoms with Crippen LogP contribution in [0.25, 0.3) is 11.1 Å². The monoisotopic (exact) mass is 563 g/mol. The molecule has 2 aromatic carbocycles. The number of carboxylic acid groups (broad SMARTS) is 1. The standard InChI is InChI=1S/C30H27Cl2N3O4/c1-17-13-22(32)14-18(2)28(17)19-3-7-23(8-4-19)35-29(38)24-9-6-21(31)15-25(24)20-5-10-26(34-16-20)30(39)33-12-11-27(36)37/h3-10,13-17,28H,11-12H2,1-2H3,(H,33,39)(H,35,38)(H,36,37). The molecule has 0 spiro atoms. The Hall–Kier alpha value is -3.94. The molecule has 0 radical (unpaired) electrons. The molecule has 0 bridgehead atoms. The van der Waals surface area contributed by atoms with Crippen molar-refractivity contribution in [1.29, 1.82) is 0 Å². The number of aromatic nitrogens is 1. The Bertz CT molecular complexity index is 1460. The van der Waals surface area contributed by atoms with E-state index < -0.39 is 11.9 Å². The van der Waals surface area contributed by atoms with Crippen LogP contribution in [0.2, 0.25) is 5.02 Å². The average molecular weight is 564 g/mol. The SMILES string of the molecule is CC1=CC(Cl)=CC(C)C1c1ccc(NC(=O)c2ccc(Cl)cc2-c2ccc(C(=O)NCCC(=O)O)nc2)cc1. The van der Waals surface area contributed by atoms with E-state index in [4.69, 9.17) is 28.3 Å². The summed E-state index contributed by atoms with van der Waals surface area (Å²) < 4.78 is 0. The van der Waals surface area contributed by atoms with Gasteiger partial charge in [0.2, 0.25) is 0 Å². The number of carboxylic acids is 1. The number of carbonyl (C=O) groups is 3. The van der Waals surface area contributed by atoms with Crippen molar-refractivity contribution in [3.63, 3.8) is 0 Å². The van der Waals surface area contributed by atoms with E-state index in [0.717, 1.165) is 10.6 Å². The Balaban J connectivity index is 1.50. The zero-order chi connectivity index (χ0) is 28.1. The fourth-order valence-electron chi connectivity index (χ4n) is 4.67. The van der Waals surface area contributed by atoms with Crippen molar-refractivity contribution in [2.24, 2.45) is 5.92 Å². The third-order valence-electron chi connectivity index (χ3n) is 6.49. The van der Waals surface area contributed by atoms with Gasteiger partial charge in [0.15, 0.2) is 0 Å². The lowest BCUT2D eigenvalue weighted by atomic mass is 9.79. The van der Waals surface area contributed by atoms with Crippen LogP contribution < -0.4 is 10.6 Å². The first kappa shape index (κ1) is 28.1. The minimum atomic E-state index is -1.00. The van der Waals surface area contributed by atoms with Crippen LogP contribution in [0.15, 0.2) is 83.6 Å². The molecular weight excluding hydrogens is 537 g/mol. The average Bonchev–Trinajstić information content (AvgIpc) is 2.89. The highest BCUT2D eigenvalue weighted by atomic mass is 35.5. The summed E-state index contributed by atoms with van der Waals surface area (Å²) >= 11 is 12.4. The second kappa shape index (κ2) is 12.3. The molecule has 3 N–H and O–H groups in total. The molecule has 39 heavy (non-hydrogen) atoms. The van der Waals surface area contributed by atoms with Gasteiger partial charge in [0, 0.05) is 45.5 Å². The minimum Gasteiger partial charge on any atom is -0.481 e. The summed E-state index contributed by atoms with van der Waals surface area (Å²) in [4.78, 5) is 40.3. The summed E-state index contributed by atoms with van der Waals surface area (Å²) in [5, 5.41) is 15.4. The van der Waals surface area contributed by atoms with E-state index in [-0.39, 0.29) is 36.4 Å². The van der Waals surface area contributed by atoms with Crippen LogP contribution in [0.4, 0.5) is 5.69 Å². The topological polar surface area (TPSA) is 108 Å². The van der Waals surface area contributed by atoms with E-state index in [2.05, 4.69) is 29.5 Å². The van der Waals surface area contributed by atoms with Crippen molar-refractivity contribution in [3.8, 4) is 11.1 Å². The summed E-state index contributed by atoms with van der Waals surface area (Å²) in [5.74, 6) is -1.33. The maximum Gasteiger partial charge on any atom is 0.305 e. The van der Waals surface area contributed by atoms with Crippen molar-refractivity contribution < 1.29 is 19.5 Å². The van der Waals surface area contributed by atoms with Crippen molar-refractivity contribution in [2.45, 2.75) is 26.2 Å². The molecule has 1 aliphatic rings. The summed E-state index contributed by atoms with van der Waals surface area (Å²) in [7, 11) is 0. The molecule has 1 aliphatic carbocycles. The molecule has 9 heteroatoms. The number of hydrogen-bond donors (Lipinski definition) is 3. The van der Waals surface area contributed by atoms with Gasteiger partial charge in [-0.05, 0) is 66.4 Å². The predicted octanol–water partition coefficient (Wildman–Crippen LogP) is 6.66. The number of nitrogens with zero attached hydrogens (tertiary/aromatic N) is 1.